The maximum Gasteiger partial charge on any atom is 0.246 e. The Kier molecular flexibility index (Phi) is 17.4. The molecule has 4 aromatic carbocycles. The van der Waals surface area contributed by atoms with E-state index in [1.54, 1.807) is 30.2 Å². The fourth-order valence-corrected chi connectivity index (χ4v) is 8.28. The largest absolute Gasteiger partial charge is 0.496 e. The normalized spacial score (nSPS) is 20.6. The van der Waals surface area contributed by atoms with Crippen molar-refractivity contribution in [3.05, 3.63) is 138 Å². The summed E-state index contributed by atoms with van der Waals surface area (Å²) < 4.78 is 11.0. The van der Waals surface area contributed by atoms with E-state index in [1.165, 1.54) is 6.08 Å². The number of carbonyl (C=O) groups is 6. The Hall–Kier alpha value is -6.84. The second-order valence-corrected chi connectivity index (χ2v) is 16.3. The molecule has 65 heavy (non-hydrogen) atoms. The summed E-state index contributed by atoms with van der Waals surface area (Å²) >= 11 is 0. The highest BCUT2D eigenvalue weighted by molar-refractivity contribution is 5.97. The van der Waals surface area contributed by atoms with Crippen LogP contribution in [0.5, 0.6) is 5.75 Å². The number of hydrogen-bond acceptors (Lipinski definition) is 9. The van der Waals surface area contributed by atoms with Crippen LogP contribution in [0.15, 0.2) is 115 Å². The Morgan fingerprint density at radius 3 is 2.34 bits per heavy atom. The molecule has 3 atom stereocenters. The van der Waals surface area contributed by atoms with Gasteiger partial charge in [-0.3, -0.25) is 28.8 Å². The molecule has 0 aromatic heterocycles. The number of piperidine rings is 1. The van der Waals surface area contributed by atoms with Gasteiger partial charge in [0.1, 0.15) is 17.8 Å². The Morgan fingerprint density at radius 2 is 1.57 bits per heavy atom. The molecular formula is C50H59N7O8. The molecule has 4 aromatic rings. The monoisotopic (exact) mass is 885 g/mol. The molecule has 2 bridgehead atoms. The van der Waals surface area contributed by atoms with Crippen molar-refractivity contribution in [3.8, 4) is 16.9 Å². The van der Waals surface area contributed by atoms with E-state index in [-0.39, 0.29) is 58.0 Å². The zero-order valence-corrected chi connectivity index (χ0v) is 36.8. The molecule has 2 heterocycles. The average molecular weight is 886 g/mol. The number of rotatable bonds is 12. The number of ether oxygens (including phenoxy) is 2. The molecule has 0 spiro atoms. The fourth-order valence-electron chi connectivity index (χ4n) is 8.28. The molecule has 1 saturated heterocycles. The summed E-state index contributed by atoms with van der Waals surface area (Å²) in [5.41, 5.74) is 9.20. The molecular weight excluding hydrogens is 827 g/mol. The van der Waals surface area contributed by atoms with Gasteiger partial charge in [0.05, 0.1) is 32.2 Å². The zero-order valence-electron chi connectivity index (χ0n) is 36.8. The van der Waals surface area contributed by atoms with Crippen molar-refractivity contribution in [3.63, 3.8) is 0 Å². The summed E-state index contributed by atoms with van der Waals surface area (Å²) in [5.74, 6) is -2.01. The van der Waals surface area contributed by atoms with Crippen molar-refractivity contribution in [2.45, 2.75) is 57.2 Å². The van der Waals surface area contributed by atoms with Crippen LogP contribution in [0, 0.1) is 5.41 Å². The fraction of sp³-hybridized carbons (Fsp3) is 0.360. The predicted molar refractivity (Wildman–Crippen MR) is 246 cm³/mol. The van der Waals surface area contributed by atoms with Crippen LogP contribution in [0.4, 0.5) is 0 Å². The Balaban J connectivity index is 1.31. The van der Waals surface area contributed by atoms with Crippen LogP contribution in [0.2, 0.25) is 0 Å². The van der Waals surface area contributed by atoms with Gasteiger partial charge in [0.15, 0.2) is 0 Å². The van der Waals surface area contributed by atoms with E-state index in [9.17, 15) is 28.8 Å². The van der Waals surface area contributed by atoms with E-state index in [1.807, 2.05) is 84.9 Å². The number of nitrogens with two attached hydrogens (primary N) is 1. The van der Waals surface area contributed by atoms with E-state index < -0.39 is 47.0 Å². The third kappa shape index (κ3) is 13.6. The molecule has 0 radical (unpaired) electrons. The standard InChI is InChI=1S/C50H59N7O8/c1-64-43-15-8-7-14-40(43)37-18-16-35(17-19-37)30-42-48(62)54-33-39-13-6-5-12-38(39)31-45(59)55-41(47(61)53-26-29-65-28-24-51)22-25-52-44(58)20-21-46(60)57-27-9-23-50(34-57,49(63)56-42)32-36-10-3-2-4-11-36/h2-8,10-21,41-42H,9,22-34,51H2,1H3,(H,52,58)(H,53,61)(H,54,62)(H,55,59)(H,56,63)/b21-20+/t41-,42-,50-/m0/s1. The number of nitrogens with zero attached hydrogens (tertiary/aromatic N) is 1. The van der Waals surface area contributed by atoms with Gasteiger partial charge in [-0.2, -0.15) is 0 Å². The van der Waals surface area contributed by atoms with Crippen molar-refractivity contribution in [1.29, 1.82) is 0 Å². The van der Waals surface area contributed by atoms with Gasteiger partial charge in [0.25, 0.3) is 0 Å². The zero-order chi connectivity index (χ0) is 46.0. The minimum atomic E-state index is -1.11. The van der Waals surface area contributed by atoms with Gasteiger partial charge in [-0.1, -0.05) is 97.1 Å². The van der Waals surface area contributed by atoms with Crippen LogP contribution in [-0.2, 0) is 59.3 Å². The molecule has 0 saturated carbocycles. The van der Waals surface area contributed by atoms with Gasteiger partial charge < -0.3 is 46.7 Å². The number of nitrogens with one attached hydrogen (secondary N) is 5. The van der Waals surface area contributed by atoms with Crippen LogP contribution in [0.25, 0.3) is 11.1 Å². The number of hydrogen-bond donors (Lipinski definition) is 6. The molecule has 6 rings (SSSR count). The first-order chi connectivity index (χ1) is 31.6. The predicted octanol–water partition coefficient (Wildman–Crippen LogP) is 2.75. The van der Waals surface area contributed by atoms with E-state index in [0.29, 0.717) is 50.1 Å². The SMILES string of the molecule is COc1ccccc1-c1ccc(C[C@@H]2NC(=O)[C@]3(Cc4ccccc4)CCCN(C3)C(=O)/C=C/C(=O)NCC[C@@H](C(=O)NCCOCCN)NC(=O)Cc3ccccc3CNC2=O)cc1. The molecule has 1 fully saturated rings. The third-order valence-electron chi connectivity index (χ3n) is 11.7. The van der Waals surface area contributed by atoms with Crippen LogP contribution >= 0.6 is 0 Å². The first kappa shape index (κ1) is 47.6. The Bertz CT molecular complexity index is 2300. The average Bonchev–Trinajstić information content (AvgIpc) is 3.32. The summed E-state index contributed by atoms with van der Waals surface area (Å²) in [6.45, 7) is 1.56. The quantitative estimate of drug-likeness (QED) is 0.116. The number of benzene rings is 4. The number of para-hydroxylation sites is 1. The van der Waals surface area contributed by atoms with Gasteiger partial charge in [0.2, 0.25) is 35.4 Å². The summed E-state index contributed by atoms with van der Waals surface area (Å²) in [6, 6.07) is 30.1. The van der Waals surface area contributed by atoms with Crippen LogP contribution in [0.1, 0.15) is 41.5 Å². The molecule has 7 N–H and O–H groups in total. The summed E-state index contributed by atoms with van der Waals surface area (Å²) in [4.78, 5) is 84.5. The van der Waals surface area contributed by atoms with Gasteiger partial charge >= 0.3 is 0 Å². The second-order valence-electron chi connectivity index (χ2n) is 16.3. The first-order valence-corrected chi connectivity index (χ1v) is 22.1. The molecule has 2 aliphatic rings. The molecule has 15 heteroatoms. The number of fused-ring (bicyclic) bond motifs is 3. The topological polar surface area (TPSA) is 210 Å². The van der Waals surface area contributed by atoms with Crippen molar-refractivity contribution in [2.24, 2.45) is 11.1 Å². The van der Waals surface area contributed by atoms with E-state index in [4.69, 9.17) is 15.2 Å². The van der Waals surface area contributed by atoms with E-state index in [2.05, 4.69) is 26.6 Å². The molecule has 0 unspecified atom stereocenters. The maximum absolute atomic E-state index is 14.9. The van der Waals surface area contributed by atoms with Crippen molar-refractivity contribution >= 4 is 35.4 Å². The number of amides is 6. The van der Waals surface area contributed by atoms with E-state index in [0.717, 1.165) is 34.1 Å². The molecule has 2 aliphatic heterocycles. The minimum Gasteiger partial charge on any atom is -0.496 e. The van der Waals surface area contributed by atoms with Crippen molar-refractivity contribution < 1.29 is 38.2 Å². The summed E-state index contributed by atoms with van der Waals surface area (Å²) in [7, 11) is 1.62. The highest BCUT2D eigenvalue weighted by Crippen LogP contribution is 2.35. The number of methoxy groups -OCH3 is 1. The van der Waals surface area contributed by atoms with Crippen LogP contribution < -0.4 is 37.1 Å². The smallest absolute Gasteiger partial charge is 0.246 e. The van der Waals surface area contributed by atoms with Gasteiger partial charge in [-0.25, -0.2) is 0 Å². The maximum atomic E-state index is 14.9. The lowest BCUT2D eigenvalue weighted by Crippen LogP contribution is -2.58. The molecule has 6 amide bonds. The third-order valence-corrected chi connectivity index (χ3v) is 11.7. The van der Waals surface area contributed by atoms with Gasteiger partial charge in [0, 0.05) is 63.4 Å². The minimum absolute atomic E-state index is 0.0131. The van der Waals surface area contributed by atoms with Crippen LogP contribution in [0.3, 0.4) is 0 Å². The molecule has 342 valence electrons. The van der Waals surface area contributed by atoms with Gasteiger partial charge in [-0.15, -0.1) is 0 Å². The van der Waals surface area contributed by atoms with E-state index >= 15 is 0 Å². The van der Waals surface area contributed by atoms with Crippen molar-refractivity contribution in [1.82, 2.24) is 31.5 Å². The Morgan fingerprint density at radius 1 is 0.831 bits per heavy atom. The lowest BCUT2D eigenvalue weighted by atomic mass is 9.74. The van der Waals surface area contributed by atoms with Gasteiger partial charge in [-0.05, 0) is 59.6 Å². The molecule has 15 nitrogen and oxygen atoms in total. The summed E-state index contributed by atoms with van der Waals surface area (Å²) in [6.07, 6.45) is 3.67. The summed E-state index contributed by atoms with van der Waals surface area (Å²) in [5, 5.41) is 14.4. The first-order valence-electron chi connectivity index (χ1n) is 22.1. The highest BCUT2D eigenvalue weighted by Gasteiger charge is 2.44. The van der Waals surface area contributed by atoms with Crippen LogP contribution in [-0.4, -0.2) is 105 Å². The lowest BCUT2D eigenvalue weighted by molar-refractivity contribution is -0.141. The number of carbonyl (C=O) groups excluding carboxylic acids is 6. The van der Waals surface area contributed by atoms with Crippen molar-refractivity contribution in [2.75, 3.05) is 53.0 Å². The second kappa shape index (κ2) is 23.7. The Labute approximate surface area is 379 Å². The lowest BCUT2D eigenvalue weighted by Gasteiger charge is -2.42. The highest BCUT2D eigenvalue weighted by atomic mass is 16.5. The molecule has 0 aliphatic carbocycles.